The Morgan fingerprint density at radius 2 is 1.60 bits per heavy atom. The van der Waals surface area contributed by atoms with Crippen LogP contribution in [-0.4, -0.2) is 19.3 Å². The summed E-state index contributed by atoms with van der Waals surface area (Å²) >= 11 is 0. The highest BCUT2D eigenvalue weighted by Gasteiger charge is 2.41. The van der Waals surface area contributed by atoms with Gasteiger partial charge in [0, 0.05) is 0 Å². The molecule has 0 saturated carbocycles. The van der Waals surface area contributed by atoms with Crippen molar-refractivity contribution in [2.24, 2.45) is 0 Å². The maximum atomic E-state index is 11.8. The van der Waals surface area contributed by atoms with Crippen molar-refractivity contribution < 1.29 is 27.4 Å². The first-order valence-electron chi connectivity index (χ1n) is 3.86. The number of halogens is 3. The highest BCUT2D eigenvalue weighted by Crippen LogP contribution is 2.21. The minimum absolute atomic E-state index is 0.182. The number of benzene rings is 1. The maximum absolute atomic E-state index is 11.8. The van der Waals surface area contributed by atoms with E-state index in [0.29, 0.717) is 5.75 Å². The van der Waals surface area contributed by atoms with Crippen molar-refractivity contribution in [1.82, 2.24) is 0 Å². The summed E-state index contributed by atoms with van der Waals surface area (Å²) in [6.45, 7) is 0. The molecule has 0 saturated heterocycles. The Bertz CT molecular complexity index is 343. The summed E-state index contributed by atoms with van der Waals surface area (Å²) in [5.74, 6) is -1.97. The van der Waals surface area contributed by atoms with Crippen LogP contribution in [0, 0.1) is 0 Å². The Kier molecular flexibility index (Phi) is 3.18. The molecule has 0 spiro atoms. The third-order valence-electron chi connectivity index (χ3n) is 1.50. The van der Waals surface area contributed by atoms with E-state index in [1.807, 2.05) is 0 Å². The second-order valence-electron chi connectivity index (χ2n) is 2.56. The second kappa shape index (κ2) is 4.20. The van der Waals surface area contributed by atoms with E-state index >= 15 is 0 Å². The van der Waals surface area contributed by atoms with Crippen LogP contribution in [0.2, 0.25) is 0 Å². The fraction of sp³-hybridized carbons (Fsp3) is 0.222. The molecule has 0 unspecified atom stereocenters. The predicted octanol–water partition coefficient (Wildman–Crippen LogP) is 2.16. The van der Waals surface area contributed by atoms with E-state index in [1.54, 1.807) is 0 Å². The molecule has 0 amide bonds. The van der Waals surface area contributed by atoms with Gasteiger partial charge in [-0.15, -0.1) is 0 Å². The summed E-state index contributed by atoms with van der Waals surface area (Å²) in [5.41, 5.74) is 0. The number of rotatable bonds is 2. The summed E-state index contributed by atoms with van der Waals surface area (Å²) in [6, 6.07) is 5.20. The van der Waals surface area contributed by atoms with Gasteiger partial charge in [-0.2, -0.15) is 13.2 Å². The zero-order valence-electron chi connectivity index (χ0n) is 7.67. The summed E-state index contributed by atoms with van der Waals surface area (Å²) in [7, 11) is 1.41. The fourth-order valence-electron chi connectivity index (χ4n) is 0.809. The normalized spacial score (nSPS) is 10.9. The van der Waals surface area contributed by atoms with Crippen molar-refractivity contribution in [3.05, 3.63) is 24.3 Å². The molecule has 3 nitrogen and oxygen atoms in total. The van der Waals surface area contributed by atoms with Gasteiger partial charge < -0.3 is 9.47 Å². The summed E-state index contributed by atoms with van der Waals surface area (Å²) < 4.78 is 44.2. The largest absolute Gasteiger partial charge is 0.497 e. The first-order chi connectivity index (χ1) is 6.93. The molecule has 0 aliphatic carbocycles. The van der Waals surface area contributed by atoms with Crippen LogP contribution in [0.25, 0.3) is 0 Å². The fourth-order valence-corrected chi connectivity index (χ4v) is 0.809. The smallest absolute Gasteiger partial charge is 0.491 e. The van der Waals surface area contributed by atoms with E-state index in [0.717, 1.165) is 0 Å². The van der Waals surface area contributed by atoms with E-state index in [2.05, 4.69) is 4.74 Å². The summed E-state index contributed by atoms with van der Waals surface area (Å²) in [6.07, 6.45) is -4.99. The molecule has 15 heavy (non-hydrogen) atoms. The van der Waals surface area contributed by atoms with E-state index in [1.165, 1.54) is 31.4 Å². The van der Waals surface area contributed by atoms with Gasteiger partial charge >= 0.3 is 12.1 Å². The van der Waals surface area contributed by atoms with Crippen LogP contribution in [0.4, 0.5) is 13.2 Å². The Morgan fingerprint density at radius 1 is 1.13 bits per heavy atom. The molecule has 1 aromatic carbocycles. The first kappa shape index (κ1) is 11.4. The molecule has 82 valence electrons. The van der Waals surface area contributed by atoms with Gasteiger partial charge in [-0.05, 0) is 24.3 Å². The molecule has 1 rings (SSSR count). The Morgan fingerprint density at radius 3 is 2.00 bits per heavy atom. The molecule has 6 heteroatoms. The van der Waals surface area contributed by atoms with E-state index in [-0.39, 0.29) is 5.75 Å². The average molecular weight is 220 g/mol. The van der Waals surface area contributed by atoms with Gasteiger partial charge in [-0.3, -0.25) is 0 Å². The Hall–Kier alpha value is -1.72. The van der Waals surface area contributed by atoms with Gasteiger partial charge in [0.2, 0.25) is 0 Å². The van der Waals surface area contributed by atoms with Crippen LogP contribution in [0.5, 0.6) is 11.5 Å². The molecule has 0 aromatic heterocycles. The van der Waals surface area contributed by atoms with Crippen LogP contribution in [0.15, 0.2) is 24.3 Å². The predicted molar refractivity (Wildman–Crippen MR) is 44.7 cm³/mol. The van der Waals surface area contributed by atoms with Crippen LogP contribution < -0.4 is 9.47 Å². The number of esters is 1. The van der Waals surface area contributed by atoms with Crippen molar-refractivity contribution >= 4 is 5.97 Å². The number of ether oxygens (including phenoxy) is 2. The van der Waals surface area contributed by atoms with Crippen LogP contribution in [0.3, 0.4) is 0 Å². The maximum Gasteiger partial charge on any atom is 0.491 e. The number of hydrogen-bond acceptors (Lipinski definition) is 3. The lowest BCUT2D eigenvalue weighted by molar-refractivity contribution is -0.189. The highest BCUT2D eigenvalue weighted by atomic mass is 19.4. The van der Waals surface area contributed by atoms with Crippen LogP contribution in [0.1, 0.15) is 0 Å². The van der Waals surface area contributed by atoms with E-state index < -0.39 is 12.1 Å². The van der Waals surface area contributed by atoms with Gasteiger partial charge in [0.05, 0.1) is 7.11 Å². The molecular formula is C9H7F3O3. The number of alkyl halides is 3. The Balaban J connectivity index is 2.70. The van der Waals surface area contributed by atoms with Crippen LogP contribution in [-0.2, 0) is 4.79 Å². The van der Waals surface area contributed by atoms with Crippen LogP contribution >= 0.6 is 0 Å². The molecule has 0 aliphatic heterocycles. The Labute approximate surface area is 83.4 Å². The van der Waals surface area contributed by atoms with Gasteiger partial charge in [0.15, 0.2) is 0 Å². The van der Waals surface area contributed by atoms with Gasteiger partial charge in [-0.25, -0.2) is 4.79 Å². The first-order valence-corrected chi connectivity index (χ1v) is 3.86. The van der Waals surface area contributed by atoms with Gasteiger partial charge in [-0.1, -0.05) is 0 Å². The van der Waals surface area contributed by atoms with Crippen molar-refractivity contribution in [3.8, 4) is 11.5 Å². The summed E-state index contributed by atoms with van der Waals surface area (Å²) in [4.78, 5) is 10.4. The minimum atomic E-state index is -4.99. The number of methoxy groups -OCH3 is 1. The lowest BCUT2D eigenvalue weighted by Gasteiger charge is -2.06. The lowest BCUT2D eigenvalue weighted by Crippen LogP contribution is -2.27. The second-order valence-corrected chi connectivity index (χ2v) is 2.56. The topological polar surface area (TPSA) is 35.5 Å². The lowest BCUT2D eigenvalue weighted by atomic mass is 10.3. The summed E-state index contributed by atoms with van der Waals surface area (Å²) in [5, 5.41) is 0. The third kappa shape index (κ3) is 3.16. The molecule has 0 aliphatic rings. The SMILES string of the molecule is COc1ccc(OC(=O)C(F)(F)F)cc1. The molecular weight excluding hydrogens is 213 g/mol. The zero-order chi connectivity index (χ0) is 11.5. The molecule has 0 bridgehead atoms. The third-order valence-corrected chi connectivity index (χ3v) is 1.50. The van der Waals surface area contributed by atoms with Crippen molar-refractivity contribution in [2.45, 2.75) is 6.18 Å². The van der Waals surface area contributed by atoms with Crippen molar-refractivity contribution in [1.29, 1.82) is 0 Å². The monoisotopic (exact) mass is 220 g/mol. The average Bonchev–Trinajstić information content (AvgIpc) is 2.17. The number of carbonyl (C=O) groups excluding carboxylic acids is 1. The molecule has 0 heterocycles. The zero-order valence-corrected chi connectivity index (χ0v) is 7.67. The standard InChI is InChI=1S/C9H7F3O3/c1-14-6-2-4-7(5-3-6)15-8(13)9(10,11)12/h2-5H,1H3. The number of carbonyl (C=O) groups is 1. The minimum Gasteiger partial charge on any atom is -0.497 e. The molecule has 0 fully saturated rings. The van der Waals surface area contributed by atoms with Gasteiger partial charge in [0.25, 0.3) is 0 Å². The molecule has 0 N–H and O–H groups in total. The quantitative estimate of drug-likeness (QED) is 0.566. The van der Waals surface area contributed by atoms with Crippen molar-refractivity contribution in [3.63, 3.8) is 0 Å². The van der Waals surface area contributed by atoms with E-state index in [9.17, 15) is 18.0 Å². The molecule has 0 atom stereocenters. The number of hydrogen-bond donors (Lipinski definition) is 0. The molecule has 0 radical (unpaired) electrons. The van der Waals surface area contributed by atoms with E-state index in [4.69, 9.17) is 4.74 Å². The highest BCUT2D eigenvalue weighted by molar-refractivity contribution is 5.78. The van der Waals surface area contributed by atoms with Gasteiger partial charge in [0.1, 0.15) is 11.5 Å². The van der Waals surface area contributed by atoms with Crippen molar-refractivity contribution in [2.75, 3.05) is 7.11 Å². The molecule has 1 aromatic rings.